The molecular formula is C24H27F2N7O2S. The Hall–Kier alpha value is -3.51. The van der Waals surface area contributed by atoms with E-state index >= 15 is 0 Å². The van der Waals surface area contributed by atoms with Gasteiger partial charge in [-0.25, -0.2) is 9.50 Å². The monoisotopic (exact) mass is 515 g/mol. The predicted octanol–water partition coefficient (Wildman–Crippen LogP) is 4.42. The van der Waals surface area contributed by atoms with Crippen molar-refractivity contribution < 1.29 is 18.3 Å². The SMILES string of the molecule is CN1CCCC1.CSc1ccc(OC(F)F)c(-c2nn(C)cc2NC(=O)c2cnn3cccnc23)c1. The van der Waals surface area contributed by atoms with Crippen LogP contribution in [-0.2, 0) is 7.05 Å². The number of aromatic nitrogens is 5. The van der Waals surface area contributed by atoms with E-state index in [0.29, 0.717) is 22.6 Å². The summed E-state index contributed by atoms with van der Waals surface area (Å²) in [6.07, 6.45) is 10.9. The van der Waals surface area contributed by atoms with Crippen molar-refractivity contribution in [3.8, 4) is 17.0 Å². The molecular weight excluding hydrogens is 488 g/mol. The zero-order valence-corrected chi connectivity index (χ0v) is 21.0. The molecule has 1 fully saturated rings. The van der Waals surface area contributed by atoms with Gasteiger partial charge in [-0.15, -0.1) is 11.8 Å². The largest absolute Gasteiger partial charge is 0.434 e. The lowest BCUT2D eigenvalue weighted by Crippen LogP contribution is -2.12. The molecule has 0 atom stereocenters. The van der Waals surface area contributed by atoms with Crippen LogP contribution in [0.15, 0.2) is 53.9 Å². The number of benzene rings is 1. The Morgan fingerprint density at radius 2 is 2.00 bits per heavy atom. The normalized spacial score (nSPS) is 13.6. The number of anilines is 1. The molecule has 1 aliphatic rings. The van der Waals surface area contributed by atoms with Gasteiger partial charge in [-0.1, -0.05) is 0 Å². The van der Waals surface area contributed by atoms with Crippen LogP contribution in [0.2, 0.25) is 0 Å². The van der Waals surface area contributed by atoms with Crippen molar-refractivity contribution in [3.63, 3.8) is 0 Å². The maximum atomic E-state index is 12.9. The van der Waals surface area contributed by atoms with Crippen LogP contribution < -0.4 is 10.1 Å². The van der Waals surface area contributed by atoms with E-state index in [4.69, 9.17) is 0 Å². The number of nitrogens with zero attached hydrogens (tertiary/aromatic N) is 6. The zero-order chi connectivity index (χ0) is 25.7. The first-order valence-electron chi connectivity index (χ1n) is 11.3. The number of aryl methyl sites for hydroxylation is 1. The number of hydrogen-bond donors (Lipinski definition) is 1. The zero-order valence-electron chi connectivity index (χ0n) is 20.2. The van der Waals surface area contributed by atoms with Crippen LogP contribution in [0, 0.1) is 0 Å². The number of thioether (sulfide) groups is 1. The molecule has 0 radical (unpaired) electrons. The van der Waals surface area contributed by atoms with E-state index in [1.165, 1.54) is 59.2 Å². The number of carbonyl (C=O) groups is 1. The van der Waals surface area contributed by atoms with Gasteiger partial charge in [0.05, 0.1) is 11.9 Å². The molecule has 1 amide bonds. The van der Waals surface area contributed by atoms with Crippen molar-refractivity contribution >= 4 is 29.0 Å². The Morgan fingerprint density at radius 1 is 1.22 bits per heavy atom. The first-order chi connectivity index (χ1) is 17.4. The van der Waals surface area contributed by atoms with Crippen molar-refractivity contribution in [1.82, 2.24) is 29.3 Å². The van der Waals surface area contributed by atoms with Crippen LogP contribution in [0.1, 0.15) is 23.2 Å². The predicted molar refractivity (Wildman–Crippen MR) is 135 cm³/mol. The summed E-state index contributed by atoms with van der Waals surface area (Å²) < 4.78 is 33.5. The Labute approximate surface area is 211 Å². The molecule has 5 rings (SSSR count). The first-order valence-corrected chi connectivity index (χ1v) is 12.5. The fourth-order valence-corrected chi connectivity index (χ4v) is 4.29. The summed E-state index contributed by atoms with van der Waals surface area (Å²) in [6, 6.07) is 6.53. The Bertz CT molecular complexity index is 1340. The second-order valence-corrected chi connectivity index (χ2v) is 9.10. The van der Waals surface area contributed by atoms with E-state index in [0.717, 1.165) is 4.90 Å². The lowest BCUT2D eigenvalue weighted by atomic mass is 10.1. The topological polar surface area (TPSA) is 89.6 Å². The quantitative estimate of drug-likeness (QED) is 0.380. The average Bonchev–Trinajstić information content (AvgIpc) is 3.59. The molecule has 0 unspecified atom stereocenters. The van der Waals surface area contributed by atoms with Crippen molar-refractivity contribution in [2.24, 2.45) is 7.05 Å². The number of carbonyl (C=O) groups excluding carboxylic acids is 1. The summed E-state index contributed by atoms with van der Waals surface area (Å²) in [5.41, 5.74) is 1.66. The third kappa shape index (κ3) is 6.00. The van der Waals surface area contributed by atoms with Gasteiger partial charge in [-0.3, -0.25) is 9.48 Å². The van der Waals surface area contributed by atoms with Gasteiger partial charge >= 0.3 is 6.61 Å². The molecule has 0 saturated carbocycles. The van der Waals surface area contributed by atoms with Crippen molar-refractivity contribution in [2.75, 3.05) is 31.7 Å². The highest BCUT2D eigenvalue weighted by atomic mass is 32.2. The fourth-order valence-electron chi connectivity index (χ4n) is 3.85. The molecule has 4 heterocycles. The number of halogens is 2. The lowest BCUT2D eigenvalue weighted by Gasteiger charge is -2.12. The molecule has 190 valence electrons. The van der Waals surface area contributed by atoms with Gasteiger partial charge in [-0.2, -0.15) is 19.0 Å². The van der Waals surface area contributed by atoms with Crippen LogP contribution >= 0.6 is 11.8 Å². The highest BCUT2D eigenvalue weighted by Crippen LogP contribution is 2.37. The molecule has 36 heavy (non-hydrogen) atoms. The highest BCUT2D eigenvalue weighted by Gasteiger charge is 2.21. The number of ether oxygens (including phenoxy) is 1. The molecule has 1 saturated heterocycles. The minimum absolute atomic E-state index is 0.0327. The van der Waals surface area contributed by atoms with Crippen molar-refractivity contribution in [3.05, 3.63) is 54.6 Å². The van der Waals surface area contributed by atoms with Gasteiger partial charge in [-0.05, 0) is 63.5 Å². The summed E-state index contributed by atoms with van der Waals surface area (Å²) in [5.74, 6) is -0.482. The van der Waals surface area contributed by atoms with Crippen LogP contribution in [0.3, 0.4) is 0 Å². The first kappa shape index (κ1) is 25.6. The minimum atomic E-state index is -2.99. The number of fused-ring (bicyclic) bond motifs is 1. The number of amides is 1. The van der Waals surface area contributed by atoms with Gasteiger partial charge in [0.2, 0.25) is 0 Å². The summed E-state index contributed by atoms with van der Waals surface area (Å²) in [7, 11) is 3.84. The van der Waals surface area contributed by atoms with E-state index in [-0.39, 0.29) is 11.3 Å². The maximum absolute atomic E-state index is 12.9. The van der Waals surface area contributed by atoms with Crippen LogP contribution in [0.25, 0.3) is 16.9 Å². The Balaban J connectivity index is 0.000000445. The van der Waals surface area contributed by atoms with Crippen LogP contribution in [0.4, 0.5) is 14.5 Å². The van der Waals surface area contributed by atoms with Gasteiger partial charge in [0, 0.05) is 36.1 Å². The molecule has 4 aromatic rings. The standard InChI is InChI=1S/C19H16F2N6O2S.C5H11N/c1-26-10-14(24-18(28)13-9-23-27-7-3-6-22-17(13)27)16(25-26)12-8-11(30-2)4-5-15(12)29-19(20)21;1-6-4-2-3-5-6/h3-10,19H,1-2H3,(H,24,28);2-5H2,1H3. The maximum Gasteiger partial charge on any atom is 0.387 e. The summed E-state index contributed by atoms with van der Waals surface area (Å²) in [6.45, 7) is -0.351. The Kier molecular flexibility index (Phi) is 8.16. The summed E-state index contributed by atoms with van der Waals surface area (Å²) in [5, 5.41) is 11.2. The third-order valence-electron chi connectivity index (χ3n) is 5.59. The van der Waals surface area contributed by atoms with E-state index in [9.17, 15) is 13.6 Å². The van der Waals surface area contributed by atoms with E-state index in [1.807, 2.05) is 6.26 Å². The molecule has 1 N–H and O–H groups in total. The van der Waals surface area contributed by atoms with Gasteiger partial charge in [0.1, 0.15) is 17.0 Å². The number of rotatable bonds is 6. The average molecular weight is 516 g/mol. The third-order valence-corrected chi connectivity index (χ3v) is 6.31. The van der Waals surface area contributed by atoms with E-state index in [1.54, 1.807) is 43.8 Å². The number of likely N-dealkylation sites (tertiary alicyclic amines) is 1. The number of nitrogens with one attached hydrogen (secondary N) is 1. The minimum Gasteiger partial charge on any atom is -0.434 e. The number of alkyl halides is 2. The van der Waals surface area contributed by atoms with E-state index < -0.39 is 12.5 Å². The van der Waals surface area contributed by atoms with Crippen molar-refractivity contribution in [2.45, 2.75) is 24.3 Å². The molecule has 9 nitrogen and oxygen atoms in total. The molecule has 0 aliphatic carbocycles. The van der Waals surface area contributed by atoms with Gasteiger partial charge in [0.25, 0.3) is 5.91 Å². The molecule has 0 bridgehead atoms. The van der Waals surface area contributed by atoms with E-state index in [2.05, 4.69) is 37.2 Å². The molecule has 12 heteroatoms. The summed E-state index contributed by atoms with van der Waals surface area (Å²) in [4.78, 5) is 20.2. The number of hydrogen-bond acceptors (Lipinski definition) is 7. The van der Waals surface area contributed by atoms with Crippen LogP contribution in [0.5, 0.6) is 5.75 Å². The molecule has 1 aliphatic heterocycles. The van der Waals surface area contributed by atoms with Crippen LogP contribution in [-0.4, -0.2) is 68.2 Å². The molecule has 3 aromatic heterocycles. The fraction of sp³-hybridized carbons (Fsp3) is 0.333. The highest BCUT2D eigenvalue weighted by molar-refractivity contribution is 7.98. The van der Waals surface area contributed by atoms with Gasteiger partial charge < -0.3 is 15.0 Å². The second-order valence-electron chi connectivity index (χ2n) is 8.22. The molecule has 0 spiro atoms. The summed E-state index contributed by atoms with van der Waals surface area (Å²) >= 11 is 1.45. The molecule has 1 aromatic carbocycles. The van der Waals surface area contributed by atoms with Crippen molar-refractivity contribution in [1.29, 1.82) is 0 Å². The lowest BCUT2D eigenvalue weighted by molar-refractivity contribution is -0.0494. The smallest absolute Gasteiger partial charge is 0.387 e. The Morgan fingerprint density at radius 3 is 2.67 bits per heavy atom. The second kappa shape index (κ2) is 11.5. The van der Waals surface area contributed by atoms with Gasteiger partial charge in [0.15, 0.2) is 5.65 Å².